The smallest absolute Gasteiger partial charge is 0.341 e. The van der Waals surface area contributed by atoms with Crippen molar-refractivity contribution in [3.8, 4) is 0 Å². The van der Waals surface area contributed by atoms with E-state index in [2.05, 4.69) is 29.3 Å². The molecule has 0 unspecified atom stereocenters. The molecule has 0 saturated carbocycles. The maximum Gasteiger partial charge on any atom is 0.341 e. The quantitative estimate of drug-likeness (QED) is 0.350. The van der Waals surface area contributed by atoms with Crippen LogP contribution in [0.1, 0.15) is 47.5 Å². The maximum atomic E-state index is 12.6. The minimum absolute atomic E-state index is 0.0462. The van der Waals surface area contributed by atoms with E-state index in [9.17, 15) is 9.59 Å². The van der Waals surface area contributed by atoms with Crippen LogP contribution in [0.15, 0.2) is 35.2 Å². The summed E-state index contributed by atoms with van der Waals surface area (Å²) in [6.45, 7) is 7.00. The molecule has 5 nitrogen and oxygen atoms in total. The zero-order valence-electron chi connectivity index (χ0n) is 17.0. The normalized spacial score (nSPS) is 13.7. The largest absolute Gasteiger partial charge is 0.462 e. The number of anilines is 1. The van der Waals surface area contributed by atoms with Crippen LogP contribution in [0.4, 0.5) is 5.00 Å². The highest BCUT2D eigenvalue weighted by Crippen LogP contribution is 2.37. The lowest BCUT2D eigenvalue weighted by atomic mass is 10.0. The number of fused-ring (bicyclic) bond motifs is 1. The third-order valence-electron chi connectivity index (χ3n) is 4.88. The Morgan fingerprint density at radius 1 is 1.24 bits per heavy atom. The van der Waals surface area contributed by atoms with Crippen molar-refractivity contribution in [1.82, 2.24) is 4.90 Å². The molecule has 156 valence electrons. The average molecular weight is 433 g/mol. The van der Waals surface area contributed by atoms with E-state index in [1.807, 2.05) is 18.2 Å². The Bertz CT molecular complexity index is 836. The summed E-state index contributed by atoms with van der Waals surface area (Å²) in [6.07, 6.45) is 2.04. The van der Waals surface area contributed by atoms with E-state index in [0.717, 1.165) is 48.7 Å². The van der Waals surface area contributed by atoms with E-state index in [-0.39, 0.29) is 11.9 Å². The van der Waals surface area contributed by atoms with Crippen LogP contribution in [0.25, 0.3) is 0 Å². The van der Waals surface area contributed by atoms with Crippen LogP contribution in [0.5, 0.6) is 0 Å². The second-order valence-electron chi connectivity index (χ2n) is 6.86. The Labute approximate surface area is 180 Å². The van der Waals surface area contributed by atoms with E-state index in [0.29, 0.717) is 23.6 Å². The van der Waals surface area contributed by atoms with Gasteiger partial charge in [0.15, 0.2) is 0 Å². The van der Waals surface area contributed by atoms with E-state index in [1.165, 1.54) is 16.2 Å². The molecule has 0 atom stereocenters. The second kappa shape index (κ2) is 10.8. The molecule has 0 aliphatic carbocycles. The molecule has 1 aliphatic heterocycles. The number of amides is 1. The minimum Gasteiger partial charge on any atom is -0.462 e. The van der Waals surface area contributed by atoms with Crippen LogP contribution >= 0.6 is 23.1 Å². The summed E-state index contributed by atoms with van der Waals surface area (Å²) in [7, 11) is 0. The summed E-state index contributed by atoms with van der Waals surface area (Å²) in [6, 6.07) is 10.2. The highest BCUT2D eigenvalue weighted by atomic mass is 32.2. The Morgan fingerprint density at radius 2 is 2.03 bits per heavy atom. The summed E-state index contributed by atoms with van der Waals surface area (Å²) in [5, 5.41) is 3.64. The van der Waals surface area contributed by atoms with Crippen molar-refractivity contribution in [1.29, 1.82) is 0 Å². The summed E-state index contributed by atoms with van der Waals surface area (Å²) >= 11 is 3.27. The first-order valence-electron chi connectivity index (χ1n) is 10.1. The summed E-state index contributed by atoms with van der Waals surface area (Å²) in [5.41, 5.74) is 1.61. The standard InChI is InChI=1S/C22H28N2O3S2/c1-3-24-13-12-17-18(15-24)29-21(20(17)22(26)27-4-2)23-19(25)11-8-14-28-16-9-6-5-7-10-16/h5-7,9-10H,3-4,8,11-15H2,1-2H3,(H,23,25). The number of hydrogen-bond donors (Lipinski definition) is 1. The van der Waals surface area contributed by atoms with Crippen molar-refractivity contribution in [3.63, 3.8) is 0 Å². The number of nitrogens with zero attached hydrogens (tertiary/aromatic N) is 1. The Morgan fingerprint density at radius 3 is 2.76 bits per heavy atom. The van der Waals surface area contributed by atoms with Gasteiger partial charge in [0, 0.05) is 29.3 Å². The SMILES string of the molecule is CCOC(=O)c1c(NC(=O)CCCSc2ccccc2)sc2c1CCN(CC)C2. The first-order valence-corrected chi connectivity index (χ1v) is 11.9. The van der Waals surface area contributed by atoms with Gasteiger partial charge in [-0.2, -0.15) is 0 Å². The summed E-state index contributed by atoms with van der Waals surface area (Å²) in [4.78, 5) is 29.8. The molecule has 0 radical (unpaired) electrons. The van der Waals surface area contributed by atoms with Gasteiger partial charge in [-0.1, -0.05) is 25.1 Å². The number of thiophene rings is 1. The average Bonchev–Trinajstić information content (AvgIpc) is 3.09. The summed E-state index contributed by atoms with van der Waals surface area (Å²) in [5.74, 6) is 0.509. The zero-order valence-corrected chi connectivity index (χ0v) is 18.7. The van der Waals surface area contributed by atoms with Gasteiger partial charge in [-0.25, -0.2) is 4.79 Å². The highest BCUT2D eigenvalue weighted by Gasteiger charge is 2.29. The molecule has 29 heavy (non-hydrogen) atoms. The number of thioether (sulfide) groups is 1. The number of nitrogens with one attached hydrogen (secondary N) is 1. The van der Waals surface area contributed by atoms with E-state index in [1.54, 1.807) is 18.7 Å². The lowest BCUT2D eigenvalue weighted by Crippen LogP contribution is -2.30. The number of ether oxygens (including phenoxy) is 1. The molecule has 7 heteroatoms. The number of rotatable bonds is 9. The van der Waals surface area contributed by atoms with Crippen molar-refractivity contribution in [2.24, 2.45) is 0 Å². The molecule has 1 aliphatic rings. The van der Waals surface area contributed by atoms with Gasteiger partial charge < -0.3 is 10.1 Å². The third-order valence-corrected chi connectivity index (χ3v) is 7.11. The van der Waals surface area contributed by atoms with Crippen molar-refractivity contribution in [2.75, 3.05) is 30.8 Å². The highest BCUT2D eigenvalue weighted by molar-refractivity contribution is 7.99. The van der Waals surface area contributed by atoms with Gasteiger partial charge in [-0.05, 0) is 49.8 Å². The lowest BCUT2D eigenvalue weighted by molar-refractivity contribution is -0.116. The molecule has 1 N–H and O–H groups in total. The van der Waals surface area contributed by atoms with Crippen molar-refractivity contribution in [3.05, 3.63) is 46.3 Å². The van der Waals surface area contributed by atoms with Crippen LogP contribution in [0.3, 0.4) is 0 Å². The number of benzene rings is 1. The number of carbonyl (C=O) groups excluding carboxylic acids is 2. The van der Waals surface area contributed by atoms with Crippen molar-refractivity contribution < 1.29 is 14.3 Å². The van der Waals surface area contributed by atoms with Gasteiger partial charge in [0.2, 0.25) is 5.91 Å². The van der Waals surface area contributed by atoms with Crippen LogP contribution in [0, 0.1) is 0 Å². The first kappa shape index (κ1) is 21.9. The summed E-state index contributed by atoms with van der Waals surface area (Å²) < 4.78 is 5.27. The molecule has 0 bridgehead atoms. The van der Waals surface area contributed by atoms with E-state index < -0.39 is 0 Å². The van der Waals surface area contributed by atoms with Gasteiger partial charge in [0.1, 0.15) is 5.00 Å². The Hall–Kier alpha value is -1.83. The van der Waals surface area contributed by atoms with Gasteiger partial charge >= 0.3 is 5.97 Å². The van der Waals surface area contributed by atoms with Crippen molar-refractivity contribution in [2.45, 2.75) is 44.6 Å². The van der Waals surface area contributed by atoms with Gasteiger partial charge in [0.25, 0.3) is 0 Å². The molecule has 0 fully saturated rings. The number of esters is 1. The maximum absolute atomic E-state index is 12.6. The zero-order chi connectivity index (χ0) is 20.6. The monoisotopic (exact) mass is 432 g/mol. The molecule has 2 heterocycles. The molecule has 1 amide bonds. The Balaban J connectivity index is 1.62. The number of carbonyl (C=O) groups is 2. The lowest BCUT2D eigenvalue weighted by Gasteiger charge is -2.25. The number of likely N-dealkylation sites (N-methyl/N-ethyl adjacent to an activating group) is 1. The van der Waals surface area contributed by atoms with Crippen LogP contribution in [-0.4, -0.2) is 42.2 Å². The Kier molecular flexibility index (Phi) is 8.15. The molecule has 0 spiro atoms. The first-order chi connectivity index (χ1) is 14.1. The molecule has 0 saturated heterocycles. The van der Waals surface area contributed by atoms with Gasteiger partial charge in [-0.3, -0.25) is 9.69 Å². The second-order valence-corrected chi connectivity index (χ2v) is 9.13. The minimum atomic E-state index is -0.329. The predicted molar refractivity (Wildman–Crippen MR) is 120 cm³/mol. The van der Waals surface area contributed by atoms with E-state index in [4.69, 9.17) is 4.74 Å². The van der Waals surface area contributed by atoms with E-state index >= 15 is 0 Å². The van der Waals surface area contributed by atoms with Gasteiger partial charge in [0.05, 0.1) is 12.2 Å². The fourth-order valence-corrected chi connectivity index (χ4v) is 5.53. The molecule has 2 aromatic rings. The predicted octanol–water partition coefficient (Wildman–Crippen LogP) is 4.81. The molecule has 3 rings (SSSR count). The third kappa shape index (κ3) is 5.84. The topological polar surface area (TPSA) is 58.6 Å². The van der Waals surface area contributed by atoms with Crippen LogP contribution in [0.2, 0.25) is 0 Å². The fraction of sp³-hybridized carbons (Fsp3) is 0.455. The molecule has 1 aromatic carbocycles. The molecular formula is C22H28N2O3S2. The van der Waals surface area contributed by atoms with Crippen LogP contribution < -0.4 is 5.32 Å². The number of hydrogen-bond acceptors (Lipinski definition) is 6. The van der Waals surface area contributed by atoms with Crippen LogP contribution in [-0.2, 0) is 22.5 Å². The molecular weight excluding hydrogens is 404 g/mol. The van der Waals surface area contributed by atoms with Gasteiger partial charge in [-0.15, -0.1) is 23.1 Å². The molecule has 1 aromatic heterocycles. The fourth-order valence-electron chi connectivity index (χ4n) is 3.36. The van der Waals surface area contributed by atoms with Crippen molar-refractivity contribution >= 4 is 40.0 Å².